The number of carbonyl (C=O) groups excluding carboxylic acids is 1. The number of nitrogens with one attached hydrogen (secondary N) is 1. The van der Waals surface area contributed by atoms with Crippen LogP contribution in [0.2, 0.25) is 0 Å². The van der Waals surface area contributed by atoms with E-state index in [-0.39, 0.29) is 12.3 Å². The van der Waals surface area contributed by atoms with Crippen LogP contribution < -0.4 is 15.8 Å². The molecule has 0 saturated carbocycles. The van der Waals surface area contributed by atoms with Gasteiger partial charge in [0.15, 0.2) is 0 Å². The van der Waals surface area contributed by atoms with Gasteiger partial charge >= 0.3 is 0 Å². The Kier molecular flexibility index (Phi) is 5.08. The Hall–Kier alpha value is -2.40. The van der Waals surface area contributed by atoms with Crippen LogP contribution in [0, 0.1) is 0 Å². The molecule has 0 saturated heterocycles. The molecular weight excluding hydrogens is 254 g/mol. The van der Waals surface area contributed by atoms with Crippen molar-refractivity contribution in [1.29, 1.82) is 0 Å². The standard InChI is InChI=1S/C15H17N3O2/c16-7-9-20-14-6-3-5-13(10-14)18-15(19)11-12-4-1-2-8-17-12/h1-6,8,10H,7,9,11,16H2,(H,18,19). The molecule has 5 heteroatoms. The third-order valence-corrected chi connectivity index (χ3v) is 2.57. The highest BCUT2D eigenvalue weighted by molar-refractivity contribution is 5.92. The number of rotatable bonds is 6. The van der Waals surface area contributed by atoms with E-state index in [0.717, 1.165) is 5.69 Å². The van der Waals surface area contributed by atoms with Crippen molar-refractivity contribution in [2.75, 3.05) is 18.5 Å². The number of amides is 1. The number of nitrogens with zero attached hydrogens (tertiary/aromatic N) is 1. The molecule has 0 bridgehead atoms. The van der Waals surface area contributed by atoms with Crippen LogP contribution in [-0.2, 0) is 11.2 Å². The minimum absolute atomic E-state index is 0.111. The van der Waals surface area contributed by atoms with Crippen molar-refractivity contribution in [3.63, 3.8) is 0 Å². The molecule has 0 aliphatic carbocycles. The molecule has 5 nitrogen and oxygen atoms in total. The van der Waals surface area contributed by atoms with Gasteiger partial charge in [-0.3, -0.25) is 9.78 Å². The summed E-state index contributed by atoms with van der Waals surface area (Å²) < 4.78 is 5.41. The molecule has 0 spiro atoms. The third kappa shape index (κ3) is 4.37. The summed E-state index contributed by atoms with van der Waals surface area (Å²) in [5.41, 5.74) is 6.81. The number of aromatic nitrogens is 1. The van der Waals surface area contributed by atoms with Crippen molar-refractivity contribution in [3.05, 3.63) is 54.4 Å². The molecule has 0 radical (unpaired) electrons. The molecule has 1 aromatic carbocycles. The minimum Gasteiger partial charge on any atom is -0.492 e. The van der Waals surface area contributed by atoms with Crippen molar-refractivity contribution in [2.24, 2.45) is 5.73 Å². The summed E-state index contributed by atoms with van der Waals surface area (Å²) in [6.07, 6.45) is 1.92. The molecule has 1 aromatic heterocycles. The fraction of sp³-hybridized carbons (Fsp3) is 0.200. The largest absolute Gasteiger partial charge is 0.492 e. The number of pyridine rings is 1. The summed E-state index contributed by atoms with van der Waals surface area (Å²) >= 11 is 0. The Morgan fingerprint density at radius 1 is 1.25 bits per heavy atom. The van der Waals surface area contributed by atoms with E-state index in [4.69, 9.17) is 10.5 Å². The first-order chi connectivity index (χ1) is 9.78. The number of anilines is 1. The predicted molar refractivity (Wildman–Crippen MR) is 77.6 cm³/mol. The van der Waals surface area contributed by atoms with Crippen molar-refractivity contribution in [2.45, 2.75) is 6.42 Å². The summed E-state index contributed by atoms with van der Waals surface area (Å²) in [6, 6.07) is 12.7. The van der Waals surface area contributed by atoms with Crippen LogP contribution in [0.3, 0.4) is 0 Å². The number of hydrogen-bond donors (Lipinski definition) is 2. The fourth-order valence-corrected chi connectivity index (χ4v) is 1.71. The number of benzene rings is 1. The van der Waals surface area contributed by atoms with Gasteiger partial charge in [-0.1, -0.05) is 12.1 Å². The van der Waals surface area contributed by atoms with E-state index in [1.807, 2.05) is 36.4 Å². The lowest BCUT2D eigenvalue weighted by Gasteiger charge is -2.08. The first kappa shape index (κ1) is 14.0. The molecule has 2 aromatic rings. The average molecular weight is 271 g/mol. The second kappa shape index (κ2) is 7.25. The lowest BCUT2D eigenvalue weighted by Crippen LogP contribution is -2.15. The van der Waals surface area contributed by atoms with Gasteiger partial charge in [0.05, 0.1) is 6.42 Å². The van der Waals surface area contributed by atoms with Crippen LogP contribution in [0.15, 0.2) is 48.7 Å². The first-order valence-corrected chi connectivity index (χ1v) is 6.40. The molecule has 2 rings (SSSR count). The topological polar surface area (TPSA) is 77.2 Å². The number of carbonyl (C=O) groups is 1. The van der Waals surface area contributed by atoms with Crippen LogP contribution in [0.25, 0.3) is 0 Å². The molecule has 104 valence electrons. The summed E-state index contributed by atoms with van der Waals surface area (Å²) in [4.78, 5) is 16.0. The van der Waals surface area contributed by atoms with Crippen LogP contribution in [-0.4, -0.2) is 24.0 Å². The van der Waals surface area contributed by atoms with Crippen molar-refractivity contribution >= 4 is 11.6 Å². The summed E-state index contributed by atoms with van der Waals surface area (Å²) in [6.45, 7) is 0.904. The fourth-order valence-electron chi connectivity index (χ4n) is 1.71. The van der Waals surface area contributed by atoms with Crippen LogP contribution in [0.5, 0.6) is 5.75 Å². The van der Waals surface area contributed by atoms with E-state index < -0.39 is 0 Å². The SMILES string of the molecule is NCCOc1cccc(NC(=O)Cc2ccccn2)c1. The van der Waals surface area contributed by atoms with Crippen LogP contribution in [0.4, 0.5) is 5.69 Å². The number of hydrogen-bond acceptors (Lipinski definition) is 4. The maximum atomic E-state index is 11.9. The molecule has 3 N–H and O–H groups in total. The van der Waals surface area contributed by atoms with Gasteiger partial charge in [-0.15, -0.1) is 0 Å². The molecule has 1 heterocycles. The molecule has 0 aliphatic rings. The average Bonchev–Trinajstić information content (AvgIpc) is 2.46. The van der Waals surface area contributed by atoms with Crippen LogP contribution in [0.1, 0.15) is 5.69 Å². The normalized spacial score (nSPS) is 10.1. The molecule has 20 heavy (non-hydrogen) atoms. The van der Waals surface area contributed by atoms with E-state index in [0.29, 0.717) is 24.6 Å². The minimum atomic E-state index is -0.111. The third-order valence-electron chi connectivity index (χ3n) is 2.57. The van der Waals surface area contributed by atoms with Crippen molar-refractivity contribution < 1.29 is 9.53 Å². The lowest BCUT2D eigenvalue weighted by atomic mass is 10.2. The second-order valence-corrected chi connectivity index (χ2v) is 4.21. The van der Waals surface area contributed by atoms with E-state index in [1.165, 1.54) is 0 Å². The molecule has 0 unspecified atom stereocenters. The highest BCUT2D eigenvalue weighted by Crippen LogP contribution is 2.17. The zero-order chi connectivity index (χ0) is 14.2. The van der Waals surface area contributed by atoms with Gasteiger partial charge in [0.25, 0.3) is 0 Å². The van der Waals surface area contributed by atoms with Gasteiger partial charge in [-0.05, 0) is 24.3 Å². The summed E-state index contributed by atoms with van der Waals surface area (Å²) in [7, 11) is 0. The Morgan fingerprint density at radius 3 is 2.90 bits per heavy atom. The smallest absolute Gasteiger partial charge is 0.230 e. The monoisotopic (exact) mass is 271 g/mol. The highest BCUT2D eigenvalue weighted by atomic mass is 16.5. The Labute approximate surface area is 117 Å². The molecule has 0 aliphatic heterocycles. The van der Waals surface area contributed by atoms with E-state index in [9.17, 15) is 4.79 Å². The zero-order valence-corrected chi connectivity index (χ0v) is 11.1. The van der Waals surface area contributed by atoms with Crippen molar-refractivity contribution in [1.82, 2.24) is 4.98 Å². The highest BCUT2D eigenvalue weighted by Gasteiger charge is 2.05. The van der Waals surface area contributed by atoms with E-state index in [2.05, 4.69) is 10.3 Å². The maximum absolute atomic E-state index is 11.9. The first-order valence-electron chi connectivity index (χ1n) is 6.40. The van der Waals surface area contributed by atoms with Crippen LogP contribution >= 0.6 is 0 Å². The van der Waals surface area contributed by atoms with Gasteiger partial charge in [0.2, 0.25) is 5.91 Å². The second-order valence-electron chi connectivity index (χ2n) is 4.21. The quantitative estimate of drug-likeness (QED) is 0.836. The zero-order valence-electron chi connectivity index (χ0n) is 11.1. The summed E-state index contributed by atoms with van der Waals surface area (Å²) in [5, 5.41) is 2.82. The maximum Gasteiger partial charge on any atom is 0.230 e. The van der Waals surface area contributed by atoms with Crippen molar-refractivity contribution in [3.8, 4) is 5.75 Å². The van der Waals surface area contributed by atoms with E-state index >= 15 is 0 Å². The van der Waals surface area contributed by atoms with E-state index in [1.54, 1.807) is 12.3 Å². The Balaban J connectivity index is 1.94. The predicted octanol–water partition coefficient (Wildman–Crippen LogP) is 1.60. The molecule has 0 fully saturated rings. The van der Waals surface area contributed by atoms with Gasteiger partial charge in [0, 0.05) is 30.2 Å². The van der Waals surface area contributed by atoms with Gasteiger partial charge < -0.3 is 15.8 Å². The van der Waals surface area contributed by atoms with Gasteiger partial charge in [-0.25, -0.2) is 0 Å². The van der Waals surface area contributed by atoms with Gasteiger partial charge in [0.1, 0.15) is 12.4 Å². The molecule has 0 atom stereocenters. The Morgan fingerprint density at radius 2 is 2.15 bits per heavy atom. The number of ether oxygens (including phenoxy) is 1. The lowest BCUT2D eigenvalue weighted by molar-refractivity contribution is -0.115. The molecular formula is C15H17N3O2. The summed E-state index contributed by atoms with van der Waals surface area (Å²) in [5.74, 6) is 0.575. The molecule has 1 amide bonds. The number of nitrogens with two attached hydrogens (primary N) is 1. The van der Waals surface area contributed by atoms with Gasteiger partial charge in [-0.2, -0.15) is 0 Å². The Bertz CT molecular complexity index is 558.